The summed E-state index contributed by atoms with van der Waals surface area (Å²) in [4.78, 5) is 55.4. The summed E-state index contributed by atoms with van der Waals surface area (Å²) < 4.78 is 5.49. The minimum atomic E-state index is -0.886. The molecule has 29 heavy (non-hydrogen) atoms. The summed E-state index contributed by atoms with van der Waals surface area (Å²) in [5.41, 5.74) is 0.669. The molecule has 3 heterocycles. The largest absolute Gasteiger partial charge is 0.368 e. The summed E-state index contributed by atoms with van der Waals surface area (Å²) in [6.07, 6.45) is 1.93. The highest BCUT2D eigenvalue weighted by atomic mass is 16.5. The number of imide groups is 1. The Balaban J connectivity index is 1.41. The molecule has 1 aromatic carbocycles. The van der Waals surface area contributed by atoms with Crippen molar-refractivity contribution < 1.29 is 23.9 Å². The van der Waals surface area contributed by atoms with Crippen LogP contribution >= 0.6 is 0 Å². The number of hydrogen-bond donors (Lipinski definition) is 0. The summed E-state index contributed by atoms with van der Waals surface area (Å²) in [6.45, 7) is 4.08. The number of carbonyl (C=O) groups is 4. The molecule has 4 amide bonds. The van der Waals surface area contributed by atoms with Gasteiger partial charge in [-0.15, -0.1) is 0 Å². The monoisotopic (exact) mass is 399 g/mol. The van der Waals surface area contributed by atoms with E-state index < -0.39 is 17.9 Å². The van der Waals surface area contributed by atoms with E-state index in [2.05, 4.69) is 0 Å². The normalized spacial score (nSPS) is 23.2. The predicted molar refractivity (Wildman–Crippen MR) is 103 cm³/mol. The zero-order chi connectivity index (χ0) is 20.5. The van der Waals surface area contributed by atoms with Crippen molar-refractivity contribution in [2.75, 3.05) is 32.8 Å². The van der Waals surface area contributed by atoms with Gasteiger partial charge in [0.05, 0.1) is 11.1 Å². The zero-order valence-electron chi connectivity index (χ0n) is 16.5. The molecule has 0 bridgehead atoms. The van der Waals surface area contributed by atoms with Gasteiger partial charge < -0.3 is 14.5 Å². The minimum Gasteiger partial charge on any atom is -0.368 e. The quantitative estimate of drug-likeness (QED) is 0.705. The molecule has 154 valence electrons. The van der Waals surface area contributed by atoms with E-state index in [0.29, 0.717) is 50.3 Å². The van der Waals surface area contributed by atoms with Crippen LogP contribution in [-0.4, -0.2) is 83.3 Å². The molecule has 0 saturated carbocycles. The lowest BCUT2D eigenvalue weighted by Gasteiger charge is -2.29. The average Bonchev–Trinajstić information content (AvgIpc) is 3.27. The van der Waals surface area contributed by atoms with Crippen LogP contribution in [0.25, 0.3) is 0 Å². The first-order valence-electron chi connectivity index (χ1n) is 10.1. The van der Waals surface area contributed by atoms with E-state index in [4.69, 9.17) is 4.74 Å². The van der Waals surface area contributed by atoms with Gasteiger partial charge in [-0.2, -0.15) is 0 Å². The Hall–Kier alpha value is -2.74. The molecule has 0 radical (unpaired) electrons. The van der Waals surface area contributed by atoms with Gasteiger partial charge >= 0.3 is 0 Å². The van der Waals surface area contributed by atoms with Crippen LogP contribution in [0.1, 0.15) is 46.9 Å². The molecule has 8 nitrogen and oxygen atoms in total. The smallest absolute Gasteiger partial charge is 0.262 e. The van der Waals surface area contributed by atoms with Crippen LogP contribution in [-0.2, 0) is 14.3 Å². The Morgan fingerprint density at radius 3 is 2.21 bits per heavy atom. The maximum Gasteiger partial charge on any atom is 0.262 e. The first-order chi connectivity index (χ1) is 14.0. The number of benzene rings is 1. The van der Waals surface area contributed by atoms with E-state index >= 15 is 0 Å². The average molecular weight is 399 g/mol. The van der Waals surface area contributed by atoms with Gasteiger partial charge in [-0.1, -0.05) is 12.1 Å². The Morgan fingerprint density at radius 2 is 1.59 bits per heavy atom. The van der Waals surface area contributed by atoms with Gasteiger partial charge in [0.25, 0.3) is 17.7 Å². The lowest BCUT2D eigenvalue weighted by atomic mass is 10.1. The molecule has 2 fully saturated rings. The lowest BCUT2D eigenvalue weighted by molar-refractivity contribution is -0.141. The van der Waals surface area contributed by atoms with E-state index in [1.165, 1.54) is 0 Å². The molecule has 8 heteroatoms. The van der Waals surface area contributed by atoms with E-state index in [-0.39, 0.29) is 17.9 Å². The highest BCUT2D eigenvalue weighted by molar-refractivity contribution is 6.22. The molecule has 3 aliphatic rings. The van der Waals surface area contributed by atoms with E-state index in [1.807, 2.05) is 0 Å². The van der Waals surface area contributed by atoms with Gasteiger partial charge in [0.2, 0.25) is 5.91 Å². The maximum absolute atomic E-state index is 13.1. The molecule has 2 atom stereocenters. The van der Waals surface area contributed by atoms with Gasteiger partial charge in [0.15, 0.2) is 0 Å². The fourth-order valence-corrected chi connectivity index (χ4v) is 4.27. The SMILES string of the molecule is CC(C(=O)N1CCCN(C(=O)C2CCCO2)CC1)N1C(=O)c2ccccc2C1=O. The van der Waals surface area contributed by atoms with Gasteiger partial charge in [-0.25, -0.2) is 0 Å². The van der Waals surface area contributed by atoms with Crippen molar-refractivity contribution in [1.29, 1.82) is 0 Å². The summed E-state index contributed by atoms with van der Waals surface area (Å²) in [5.74, 6) is -1.15. The van der Waals surface area contributed by atoms with Crippen molar-refractivity contribution >= 4 is 23.6 Å². The second-order valence-electron chi connectivity index (χ2n) is 7.71. The maximum atomic E-state index is 13.1. The molecule has 2 unspecified atom stereocenters. The topological polar surface area (TPSA) is 87.2 Å². The predicted octanol–water partition coefficient (Wildman–Crippen LogP) is 0.911. The van der Waals surface area contributed by atoms with Crippen LogP contribution in [0.15, 0.2) is 24.3 Å². The summed E-state index contributed by atoms with van der Waals surface area (Å²) >= 11 is 0. The van der Waals surface area contributed by atoms with Crippen molar-refractivity contribution in [3.8, 4) is 0 Å². The molecule has 1 aromatic rings. The van der Waals surface area contributed by atoms with Crippen LogP contribution in [0.2, 0.25) is 0 Å². The molecule has 0 spiro atoms. The number of carbonyl (C=O) groups excluding carboxylic acids is 4. The Bertz CT molecular complexity index is 813. The second-order valence-corrected chi connectivity index (χ2v) is 7.71. The van der Waals surface area contributed by atoms with Gasteiger partial charge in [0.1, 0.15) is 12.1 Å². The van der Waals surface area contributed by atoms with Crippen LogP contribution in [0, 0.1) is 0 Å². The van der Waals surface area contributed by atoms with Gasteiger partial charge in [0, 0.05) is 32.8 Å². The van der Waals surface area contributed by atoms with Crippen molar-refractivity contribution in [2.45, 2.75) is 38.3 Å². The third-order valence-corrected chi connectivity index (χ3v) is 5.89. The molecule has 0 aliphatic carbocycles. The van der Waals surface area contributed by atoms with Crippen molar-refractivity contribution in [1.82, 2.24) is 14.7 Å². The van der Waals surface area contributed by atoms with E-state index in [0.717, 1.165) is 17.7 Å². The summed E-state index contributed by atoms with van der Waals surface area (Å²) in [6, 6.07) is 5.73. The highest BCUT2D eigenvalue weighted by Gasteiger charge is 2.42. The standard InChI is InChI=1S/C21H25N3O5/c1-14(24-19(26)15-6-2-3-7-16(15)20(24)27)18(25)22-9-5-10-23(12-11-22)21(28)17-8-4-13-29-17/h2-3,6-7,14,17H,4-5,8-13H2,1H3. The first-order valence-corrected chi connectivity index (χ1v) is 10.1. The molecule has 0 N–H and O–H groups in total. The van der Waals surface area contributed by atoms with Crippen LogP contribution < -0.4 is 0 Å². The van der Waals surface area contributed by atoms with Crippen molar-refractivity contribution in [3.63, 3.8) is 0 Å². The minimum absolute atomic E-state index is 0.00908. The number of nitrogens with zero attached hydrogens (tertiary/aromatic N) is 3. The van der Waals surface area contributed by atoms with Crippen molar-refractivity contribution in [2.24, 2.45) is 0 Å². The number of hydrogen-bond acceptors (Lipinski definition) is 5. The van der Waals surface area contributed by atoms with Gasteiger partial charge in [-0.05, 0) is 38.3 Å². The first kappa shape index (κ1) is 19.6. The third-order valence-electron chi connectivity index (χ3n) is 5.89. The molecule has 2 saturated heterocycles. The fraction of sp³-hybridized carbons (Fsp3) is 0.524. The number of fused-ring (bicyclic) bond motifs is 1. The van der Waals surface area contributed by atoms with Crippen LogP contribution in [0.5, 0.6) is 0 Å². The van der Waals surface area contributed by atoms with Crippen LogP contribution in [0.3, 0.4) is 0 Å². The van der Waals surface area contributed by atoms with E-state index in [9.17, 15) is 19.2 Å². The Kier molecular flexibility index (Phi) is 5.36. The van der Waals surface area contributed by atoms with Gasteiger partial charge in [-0.3, -0.25) is 24.1 Å². The lowest BCUT2D eigenvalue weighted by Crippen LogP contribution is -2.50. The second kappa shape index (κ2) is 7.94. The van der Waals surface area contributed by atoms with Crippen LogP contribution in [0.4, 0.5) is 0 Å². The zero-order valence-corrected chi connectivity index (χ0v) is 16.5. The third kappa shape index (κ3) is 3.53. The summed E-state index contributed by atoms with van der Waals surface area (Å²) in [7, 11) is 0. The number of amides is 4. The van der Waals surface area contributed by atoms with Crippen molar-refractivity contribution in [3.05, 3.63) is 35.4 Å². The molecule has 0 aromatic heterocycles. The molecular formula is C21H25N3O5. The number of rotatable bonds is 3. The molecule has 3 aliphatic heterocycles. The highest BCUT2D eigenvalue weighted by Crippen LogP contribution is 2.25. The Labute approximate surface area is 169 Å². The molecule has 4 rings (SSSR count). The molecular weight excluding hydrogens is 374 g/mol. The van der Waals surface area contributed by atoms with E-state index in [1.54, 1.807) is 41.0 Å². The number of ether oxygens (including phenoxy) is 1. The fourth-order valence-electron chi connectivity index (χ4n) is 4.27. The Morgan fingerprint density at radius 1 is 0.966 bits per heavy atom. The summed E-state index contributed by atoms with van der Waals surface area (Å²) in [5, 5.41) is 0.